The minimum absolute atomic E-state index is 0.0948. The average Bonchev–Trinajstić information content (AvgIpc) is 2.26. The molecule has 1 saturated heterocycles. The van der Waals surface area contributed by atoms with Crippen LogP contribution >= 0.6 is 0 Å². The Morgan fingerprint density at radius 3 is 2.47 bits per heavy atom. The molecule has 1 aromatic rings. The first-order chi connectivity index (χ1) is 7.99. The van der Waals surface area contributed by atoms with E-state index in [0.717, 1.165) is 12.4 Å². The van der Waals surface area contributed by atoms with Crippen molar-refractivity contribution in [3.05, 3.63) is 30.3 Å². The van der Waals surface area contributed by atoms with Crippen molar-refractivity contribution in [3.8, 4) is 5.75 Å². The van der Waals surface area contributed by atoms with Gasteiger partial charge in [0.25, 0.3) is 0 Å². The predicted molar refractivity (Wildman–Crippen MR) is 71.4 cm³/mol. The second-order valence-electron chi connectivity index (χ2n) is 6.02. The van der Waals surface area contributed by atoms with Gasteiger partial charge in [-0.25, -0.2) is 0 Å². The molecule has 1 unspecified atom stereocenters. The lowest BCUT2D eigenvalue weighted by molar-refractivity contribution is 0.108. The standard InChI is InChI=1S/C15H23NO/c1-14(2)10-7-11-15(3,16-14)12-17-13-8-5-4-6-9-13/h4-6,8-9,16H,7,10-12H2,1-3H3. The van der Waals surface area contributed by atoms with Crippen molar-refractivity contribution in [2.24, 2.45) is 0 Å². The number of piperidine rings is 1. The third-order valence-corrected chi connectivity index (χ3v) is 3.47. The van der Waals surface area contributed by atoms with Gasteiger partial charge in [0.1, 0.15) is 12.4 Å². The molecule has 17 heavy (non-hydrogen) atoms. The van der Waals surface area contributed by atoms with Crippen LogP contribution in [-0.2, 0) is 0 Å². The summed E-state index contributed by atoms with van der Waals surface area (Å²) in [7, 11) is 0. The van der Waals surface area contributed by atoms with Gasteiger partial charge in [-0.05, 0) is 52.2 Å². The maximum atomic E-state index is 5.88. The van der Waals surface area contributed by atoms with Crippen LogP contribution in [0.25, 0.3) is 0 Å². The van der Waals surface area contributed by atoms with Crippen LogP contribution in [0, 0.1) is 0 Å². The molecule has 0 spiro atoms. The second kappa shape index (κ2) is 4.69. The summed E-state index contributed by atoms with van der Waals surface area (Å²) < 4.78 is 5.88. The Kier molecular flexibility index (Phi) is 3.43. The maximum absolute atomic E-state index is 5.88. The number of nitrogens with one attached hydrogen (secondary N) is 1. The SMILES string of the molecule is CC1(C)CCCC(C)(COc2ccccc2)N1. The summed E-state index contributed by atoms with van der Waals surface area (Å²) in [5.74, 6) is 0.957. The van der Waals surface area contributed by atoms with Gasteiger partial charge in [-0.2, -0.15) is 0 Å². The van der Waals surface area contributed by atoms with Gasteiger partial charge in [-0.15, -0.1) is 0 Å². The first-order valence-corrected chi connectivity index (χ1v) is 6.46. The van der Waals surface area contributed by atoms with Gasteiger partial charge in [0.2, 0.25) is 0 Å². The number of benzene rings is 1. The molecule has 1 aliphatic rings. The van der Waals surface area contributed by atoms with Crippen molar-refractivity contribution in [1.29, 1.82) is 0 Å². The van der Waals surface area contributed by atoms with Gasteiger partial charge < -0.3 is 10.1 Å². The Hall–Kier alpha value is -1.02. The summed E-state index contributed by atoms with van der Waals surface area (Å²) >= 11 is 0. The van der Waals surface area contributed by atoms with Crippen LogP contribution in [-0.4, -0.2) is 17.7 Å². The molecule has 0 bridgehead atoms. The molecule has 2 nitrogen and oxygen atoms in total. The minimum Gasteiger partial charge on any atom is -0.492 e. The minimum atomic E-state index is 0.0948. The molecule has 1 aliphatic heterocycles. The number of ether oxygens (including phenoxy) is 1. The van der Waals surface area contributed by atoms with E-state index < -0.39 is 0 Å². The molecule has 2 heteroatoms. The van der Waals surface area contributed by atoms with Gasteiger partial charge in [0.05, 0.1) is 5.54 Å². The van der Waals surface area contributed by atoms with E-state index >= 15 is 0 Å². The van der Waals surface area contributed by atoms with Gasteiger partial charge in [0.15, 0.2) is 0 Å². The lowest BCUT2D eigenvalue weighted by Crippen LogP contribution is -2.59. The second-order valence-corrected chi connectivity index (χ2v) is 6.02. The van der Waals surface area contributed by atoms with Crippen molar-refractivity contribution >= 4 is 0 Å². The molecule has 2 rings (SSSR count). The van der Waals surface area contributed by atoms with E-state index in [1.54, 1.807) is 0 Å². The fourth-order valence-corrected chi connectivity index (χ4v) is 2.73. The molecule has 0 aromatic heterocycles. The highest BCUT2D eigenvalue weighted by molar-refractivity contribution is 5.21. The smallest absolute Gasteiger partial charge is 0.119 e. The van der Waals surface area contributed by atoms with E-state index in [9.17, 15) is 0 Å². The normalized spacial score (nSPS) is 27.7. The molecule has 0 saturated carbocycles. The topological polar surface area (TPSA) is 21.3 Å². The van der Waals surface area contributed by atoms with E-state index in [1.165, 1.54) is 19.3 Å². The molecule has 0 aliphatic carbocycles. The van der Waals surface area contributed by atoms with E-state index in [1.807, 2.05) is 30.3 Å². The maximum Gasteiger partial charge on any atom is 0.119 e. The van der Waals surface area contributed by atoms with E-state index in [-0.39, 0.29) is 11.1 Å². The number of para-hydroxylation sites is 1. The third kappa shape index (κ3) is 3.47. The molecule has 94 valence electrons. The summed E-state index contributed by atoms with van der Waals surface area (Å²) in [4.78, 5) is 0. The fourth-order valence-electron chi connectivity index (χ4n) is 2.73. The summed E-state index contributed by atoms with van der Waals surface area (Å²) in [5.41, 5.74) is 0.324. The first-order valence-electron chi connectivity index (χ1n) is 6.46. The highest BCUT2D eigenvalue weighted by atomic mass is 16.5. The summed E-state index contributed by atoms with van der Waals surface area (Å²) in [6.07, 6.45) is 3.70. The number of hydrogen-bond acceptors (Lipinski definition) is 2. The molecule has 1 aromatic carbocycles. The molecule has 1 heterocycles. The van der Waals surface area contributed by atoms with Crippen LogP contribution in [0.15, 0.2) is 30.3 Å². The molecule has 0 radical (unpaired) electrons. The van der Waals surface area contributed by atoms with Crippen LogP contribution in [0.3, 0.4) is 0 Å². The number of hydrogen-bond donors (Lipinski definition) is 1. The van der Waals surface area contributed by atoms with Gasteiger partial charge >= 0.3 is 0 Å². The third-order valence-electron chi connectivity index (χ3n) is 3.47. The van der Waals surface area contributed by atoms with Crippen LogP contribution in [0.4, 0.5) is 0 Å². The quantitative estimate of drug-likeness (QED) is 0.864. The molecule has 1 fully saturated rings. The van der Waals surface area contributed by atoms with Crippen LogP contribution in [0.5, 0.6) is 5.75 Å². The van der Waals surface area contributed by atoms with Crippen molar-refractivity contribution < 1.29 is 4.74 Å². The largest absolute Gasteiger partial charge is 0.492 e. The van der Waals surface area contributed by atoms with Crippen molar-refractivity contribution in [2.45, 2.75) is 51.1 Å². The Bertz CT molecular complexity index is 360. The predicted octanol–water partition coefficient (Wildman–Crippen LogP) is 3.38. The van der Waals surface area contributed by atoms with Crippen LogP contribution in [0.1, 0.15) is 40.0 Å². The Balaban J connectivity index is 1.94. The summed E-state index contributed by atoms with van der Waals surface area (Å²) in [6, 6.07) is 10.1. The number of rotatable bonds is 3. The lowest BCUT2D eigenvalue weighted by Gasteiger charge is -2.44. The average molecular weight is 233 g/mol. The van der Waals surface area contributed by atoms with Crippen LogP contribution < -0.4 is 10.1 Å². The van der Waals surface area contributed by atoms with E-state index in [2.05, 4.69) is 26.1 Å². The summed E-state index contributed by atoms with van der Waals surface area (Å²) in [5, 5.41) is 3.71. The lowest BCUT2D eigenvalue weighted by atomic mass is 9.82. The zero-order chi connectivity index (χ0) is 12.4. The van der Waals surface area contributed by atoms with E-state index in [4.69, 9.17) is 4.74 Å². The van der Waals surface area contributed by atoms with E-state index in [0.29, 0.717) is 0 Å². The fraction of sp³-hybridized carbons (Fsp3) is 0.600. The van der Waals surface area contributed by atoms with Crippen LogP contribution in [0.2, 0.25) is 0 Å². The molecule has 1 atom stereocenters. The Morgan fingerprint density at radius 2 is 1.82 bits per heavy atom. The molecular weight excluding hydrogens is 210 g/mol. The van der Waals surface area contributed by atoms with Gasteiger partial charge in [-0.1, -0.05) is 18.2 Å². The Labute approximate surface area is 104 Å². The monoisotopic (exact) mass is 233 g/mol. The van der Waals surface area contributed by atoms with Crippen molar-refractivity contribution in [3.63, 3.8) is 0 Å². The molecule has 0 amide bonds. The molecule has 1 N–H and O–H groups in total. The van der Waals surface area contributed by atoms with Crippen molar-refractivity contribution in [2.75, 3.05) is 6.61 Å². The van der Waals surface area contributed by atoms with Gasteiger partial charge in [-0.3, -0.25) is 0 Å². The zero-order valence-electron chi connectivity index (χ0n) is 11.1. The van der Waals surface area contributed by atoms with Crippen molar-refractivity contribution in [1.82, 2.24) is 5.32 Å². The highest BCUT2D eigenvalue weighted by Gasteiger charge is 2.35. The molecular formula is C15H23NO. The zero-order valence-corrected chi connectivity index (χ0v) is 11.1. The Morgan fingerprint density at radius 1 is 1.12 bits per heavy atom. The first kappa shape index (κ1) is 12.4. The summed E-state index contributed by atoms with van der Waals surface area (Å²) in [6.45, 7) is 7.54. The highest BCUT2D eigenvalue weighted by Crippen LogP contribution is 2.28. The van der Waals surface area contributed by atoms with Gasteiger partial charge in [0, 0.05) is 5.54 Å².